The van der Waals surface area contributed by atoms with Crippen LogP contribution < -0.4 is 5.32 Å². The van der Waals surface area contributed by atoms with Crippen LogP contribution in [-0.2, 0) is 0 Å². The molecule has 2 heteroatoms. The van der Waals surface area contributed by atoms with Gasteiger partial charge in [0.15, 0.2) is 0 Å². The van der Waals surface area contributed by atoms with E-state index in [1.807, 2.05) is 0 Å². The van der Waals surface area contributed by atoms with Crippen LogP contribution in [0.3, 0.4) is 0 Å². The molecule has 0 spiro atoms. The van der Waals surface area contributed by atoms with Crippen molar-refractivity contribution in [1.29, 1.82) is 0 Å². The largest absolute Gasteiger partial charge is 0.395 e. The molecule has 0 fully saturated rings. The third kappa shape index (κ3) is 3.85. The topological polar surface area (TPSA) is 32.3 Å². The highest BCUT2D eigenvalue weighted by Crippen LogP contribution is 2.05. The van der Waals surface area contributed by atoms with Crippen molar-refractivity contribution in [2.75, 3.05) is 13.2 Å². The molecule has 0 saturated carbocycles. The lowest BCUT2D eigenvalue weighted by Gasteiger charge is -2.18. The molecule has 0 aliphatic heterocycles. The lowest BCUT2D eigenvalue weighted by atomic mass is 10.0. The Labute approximate surface area is 63.6 Å². The van der Waals surface area contributed by atoms with E-state index in [2.05, 4.69) is 26.1 Å². The van der Waals surface area contributed by atoms with Crippen molar-refractivity contribution in [2.24, 2.45) is 5.92 Å². The molecule has 0 saturated heterocycles. The second kappa shape index (κ2) is 5.69. The molecule has 0 aliphatic carbocycles. The van der Waals surface area contributed by atoms with Gasteiger partial charge in [0.1, 0.15) is 0 Å². The molecule has 0 unspecified atom stereocenters. The molecular formula is C8H19NO. The minimum atomic E-state index is 0.237. The molecule has 0 heterocycles. The number of rotatable bonds is 5. The van der Waals surface area contributed by atoms with Gasteiger partial charge >= 0.3 is 0 Å². The average Bonchev–Trinajstić information content (AvgIpc) is 1.98. The molecule has 2 nitrogen and oxygen atoms in total. The fraction of sp³-hybridized carbons (Fsp3) is 1.00. The monoisotopic (exact) mass is 145 g/mol. The highest BCUT2D eigenvalue weighted by Gasteiger charge is 2.07. The van der Waals surface area contributed by atoms with E-state index in [1.54, 1.807) is 0 Å². The van der Waals surface area contributed by atoms with E-state index in [0.717, 1.165) is 0 Å². The number of hydrogen-bond donors (Lipinski definition) is 2. The Kier molecular flexibility index (Phi) is 5.64. The third-order valence-corrected chi connectivity index (χ3v) is 2.08. The second-order valence-corrected chi connectivity index (χ2v) is 2.85. The molecule has 0 aromatic rings. The summed E-state index contributed by atoms with van der Waals surface area (Å²) in [7, 11) is 0. The SMILES string of the molecule is CC[C@H](C)[C@H](C)NCCO. The molecule has 0 aromatic heterocycles. The van der Waals surface area contributed by atoms with E-state index in [1.165, 1.54) is 6.42 Å². The van der Waals surface area contributed by atoms with Crippen LogP contribution in [0.25, 0.3) is 0 Å². The number of aliphatic hydroxyl groups excluding tert-OH is 1. The van der Waals surface area contributed by atoms with Crippen molar-refractivity contribution in [3.8, 4) is 0 Å². The minimum Gasteiger partial charge on any atom is -0.395 e. The van der Waals surface area contributed by atoms with Gasteiger partial charge in [-0.05, 0) is 12.8 Å². The van der Waals surface area contributed by atoms with Crippen molar-refractivity contribution in [2.45, 2.75) is 33.2 Å². The van der Waals surface area contributed by atoms with Crippen molar-refractivity contribution in [3.05, 3.63) is 0 Å². The Bertz CT molecular complexity index is 75.7. The molecule has 0 aliphatic rings. The van der Waals surface area contributed by atoms with E-state index in [4.69, 9.17) is 5.11 Å². The normalized spacial score (nSPS) is 16.8. The summed E-state index contributed by atoms with van der Waals surface area (Å²) in [5.41, 5.74) is 0. The fourth-order valence-electron chi connectivity index (χ4n) is 0.847. The Hall–Kier alpha value is -0.0800. The maximum absolute atomic E-state index is 8.51. The molecule has 0 radical (unpaired) electrons. The van der Waals surface area contributed by atoms with E-state index in [0.29, 0.717) is 18.5 Å². The van der Waals surface area contributed by atoms with Gasteiger partial charge in [-0.1, -0.05) is 20.3 Å². The molecule has 0 bridgehead atoms. The van der Waals surface area contributed by atoms with Crippen LogP contribution in [0.4, 0.5) is 0 Å². The summed E-state index contributed by atoms with van der Waals surface area (Å²) in [6.07, 6.45) is 1.19. The molecular weight excluding hydrogens is 126 g/mol. The van der Waals surface area contributed by atoms with Crippen LogP contribution in [0, 0.1) is 5.92 Å². The third-order valence-electron chi connectivity index (χ3n) is 2.08. The Morgan fingerprint density at radius 3 is 2.40 bits per heavy atom. The van der Waals surface area contributed by atoms with Gasteiger partial charge < -0.3 is 10.4 Å². The lowest BCUT2D eigenvalue weighted by molar-refractivity contribution is 0.273. The first-order valence-corrected chi connectivity index (χ1v) is 4.06. The smallest absolute Gasteiger partial charge is 0.0556 e. The fourth-order valence-corrected chi connectivity index (χ4v) is 0.847. The van der Waals surface area contributed by atoms with Gasteiger partial charge in [-0.3, -0.25) is 0 Å². The van der Waals surface area contributed by atoms with E-state index in [-0.39, 0.29) is 6.61 Å². The molecule has 0 aromatic carbocycles. The highest BCUT2D eigenvalue weighted by molar-refractivity contribution is 4.65. The maximum atomic E-state index is 8.51. The highest BCUT2D eigenvalue weighted by atomic mass is 16.3. The summed E-state index contributed by atoms with van der Waals surface area (Å²) in [6, 6.07) is 0.525. The van der Waals surface area contributed by atoms with Gasteiger partial charge in [0.25, 0.3) is 0 Å². The Balaban J connectivity index is 3.31. The molecule has 0 amide bonds. The van der Waals surface area contributed by atoms with Crippen LogP contribution in [0.5, 0.6) is 0 Å². The Morgan fingerprint density at radius 2 is 2.00 bits per heavy atom. The van der Waals surface area contributed by atoms with Gasteiger partial charge in [0.2, 0.25) is 0 Å². The van der Waals surface area contributed by atoms with Gasteiger partial charge in [0.05, 0.1) is 6.61 Å². The van der Waals surface area contributed by atoms with Crippen molar-refractivity contribution >= 4 is 0 Å². The van der Waals surface area contributed by atoms with Gasteiger partial charge in [0, 0.05) is 12.6 Å². The summed E-state index contributed by atoms with van der Waals surface area (Å²) in [5.74, 6) is 0.701. The van der Waals surface area contributed by atoms with Crippen LogP contribution in [0.15, 0.2) is 0 Å². The molecule has 2 N–H and O–H groups in total. The number of nitrogens with one attached hydrogen (secondary N) is 1. The predicted octanol–water partition coefficient (Wildman–Crippen LogP) is 1.00. The zero-order valence-corrected chi connectivity index (χ0v) is 7.22. The van der Waals surface area contributed by atoms with Crippen LogP contribution in [0.2, 0.25) is 0 Å². The van der Waals surface area contributed by atoms with Gasteiger partial charge in [-0.15, -0.1) is 0 Å². The summed E-state index contributed by atoms with van der Waals surface area (Å²) in [5, 5.41) is 11.7. The zero-order chi connectivity index (χ0) is 7.98. The van der Waals surface area contributed by atoms with Gasteiger partial charge in [-0.2, -0.15) is 0 Å². The van der Waals surface area contributed by atoms with E-state index < -0.39 is 0 Å². The van der Waals surface area contributed by atoms with Crippen LogP contribution in [-0.4, -0.2) is 24.3 Å². The van der Waals surface area contributed by atoms with Crippen LogP contribution >= 0.6 is 0 Å². The lowest BCUT2D eigenvalue weighted by Crippen LogP contribution is -2.33. The number of aliphatic hydroxyl groups is 1. The average molecular weight is 145 g/mol. The molecule has 62 valence electrons. The second-order valence-electron chi connectivity index (χ2n) is 2.85. The summed E-state index contributed by atoms with van der Waals surface area (Å²) in [6.45, 7) is 7.51. The van der Waals surface area contributed by atoms with Gasteiger partial charge in [-0.25, -0.2) is 0 Å². The van der Waals surface area contributed by atoms with Crippen LogP contribution in [0.1, 0.15) is 27.2 Å². The summed E-state index contributed by atoms with van der Waals surface area (Å²) in [4.78, 5) is 0. The van der Waals surface area contributed by atoms with Crippen molar-refractivity contribution in [3.63, 3.8) is 0 Å². The molecule has 2 atom stereocenters. The van der Waals surface area contributed by atoms with E-state index in [9.17, 15) is 0 Å². The van der Waals surface area contributed by atoms with E-state index >= 15 is 0 Å². The quantitative estimate of drug-likeness (QED) is 0.605. The number of hydrogen-bond acceptors (Lipinski definition) is 2. The predicted molar refractivity (Wildman–Crippen MR) is 44.0 cm³/mol. The first-order chi connectivity index (χ1) is 4.72. The standard InChI is InChI=1S/C8H19NO/c1-4-7(2)8(3)9-5-6-10/h7-10H,4-6H2,1-3H3/t7-,8-/m0/s1. The maximum Gasteiger partial charge on any atom is 0.0556 e. The zero-order valence-electron chi connectivity index (χ0n) is 7.22. The first-order valence-electron chi connectivity index (χ1n) is 4.06. The first kappa shape index (κ1) is 9.92. The van der Waals surface area contributed by atoms with Crippen molar-refractivity contribution < 1.29 is 5.11 Å². The summed E-state index contributed by atoms with van der Waals surface area (Å²) < 4.78 is 0. The molecule has 0 rings (SSSR count). The summed E-state index contributed by atoms with van der Waals surface area (Å²) >= 11 is 0. The Morgan fingerprint density at radius 1 is 1.40 bits per heavy atom. The van der Waals surface area contributed by atoms with Crippen molar-refractivity contribution in [1.82, 2.24) is 5.32 Å². The molecule has 10 heavy (non-hydrogen) atoms. The minimum absolute atomic E-state index is 0.237.